The molecule has 0 saturated carbocycles. The van der Waals surface area contributed by atoms with Crippen molar-refractivity contribution in [3.8, 4) is 0 Å². The molecule has 0 aromatic carbocycles. The summed E-state index contributed by atoms with van der Waals surface area (Å²) in [5.41, 5.74) is 0. The SMILES string of the molecule is CCCCCCCC/C=C\CCCCCCCCOC(=O)CC(CN(C)C)C(=O)OCCCCCCCC/C=C\CCCCCCCC. The first-order valence-electron chi connectivity index (χ1n) is 20.8. The molecule has 0 amide bonds. The number of hydrogen-bond acceptors (Lipinski definition) is 5. The third kappa shape index (κ3) is 35.7. The highest BCUT2D eigenvalue weighted by Gasteiger charge is 2.25. The molecule has 0 aliphatic heterocycles. The summed E-state index contributed by atoms with van der Waals surface area (Å²) in [4.78, 5) is 27.2. The van der Waals surface area contributed by atoms with Crippen molar-refractivity contribution >= 4 is 11.9 Å². The summed E-state index contributed by atoms with van der Waals surface area (Å²) >= 11 is 0. The first kappa shape index (κ1) is 46.4. The van der Waals surface area contributed by atoms with E-state index >= 15 is 0 Å². The number of carbonyl (C=O) groups is 2. The van der Waals surface area contributed by atoms with Crippen molar-refractivity contribution in [2.45, 2.75) is 200 Å². The van der Waals surface area contributed by atoms with Crippen LogP contribution in [0.3, 0.4) is 0 Å². The van der Waals surface area contributed by atoms with Crippen LogP contribution in [-0.4, -0.2) is 50.7 Å². The van der Waals surface area contributed by atoms with Crippen LogP contribution in [-0.2, 0) is 19.1 Å². The lowest BCUT2D eigenvalue weighted by Gasteiger charge is -2.19. The smallest absolute Gasteiger partial charge is 0.310 e. The van der Waals surface area contributed by atoms with Crippen molar-refractivity contribution in [2.24, 2.45) is 5.92 Å². The van der Waals surface area contributed by atoms with Crippen LogP contribution in [0.5, 0.6) is 0 Å². The summed E-state index contributed by atoms with van der Waals surface area (Å²) < 4.78 is 11.1. The molecule has 5 nitrogen and oxygen atoms in total. The second-order valence-corrected chi connectivity index (χ2v) is 14.4. The number of esters is 2. The Kier molecular flexibility index (Phi) is 36.9. The van der Waals surface area contributed by atoms with Crippen molar-refractivity contribution in [3.63, 3.8) is 0 Å². The maximum atomic E-state index is 12.7. The van der Waals surface area contributed by atoms with Gasteiger partial charge in [0, 0.05) is 6.54 Å². The molecule has 5 heteroatoms. The largest absolute Gasteiger partial charge is 0.466 e. The van der Waals surface area contributed by atoms with Crippen molar-refractivity contribution in [1.29, 1.82) is 0 Å². The highest BCUT2D eigenvalue weighted by atomic mass is 16.5. The lowest BCUT2D eigenvalue weighted by Crippen LogP contribution is -2.32. The van der Waals surface area contributed by atoms with Gasteiger partial charge in [-0.3, -0.25) is 9.59 Å². The zero-order valence-corrected chi connectivity index (χ0v) is 32.6. The first-order chi connectivity index (χ1) is 23.5. The topological polar surface area (TPSA) is 55.8 Å². The number of unbranched alkanes of at least 4 members (excludes halogenated alkanes) is 24. The second kappa shape index (κ2) is 38.2. The van der Waals surface area contributed by atoms with Gasteiger partial charge in [0.25, 0.3) is 0 Å². The molecule has 0 bridgehead atoms. The van der Waals surface area contributed by atoms with Crippen LogP contribution >= 0.6 is 0 Å². The van der Waals surface area contributed by atoms with Crippen LogP contribution in [0.4, 0.5) is 0 Å². The number of ether oxygens (including phenoxy) is 2. The van der Waals surface area contributed by atoms with Gasteiger partial charge in [-0.25, -0.2) is 0 Å². The molecule has 1 unspecified atom stereocenters. The third-order valence-corrected chi connectivity index (χ3v) is 9.15. The molecule has 1 atom stereocenters. The zero-order valence-electron chi connectivity index (χ0n) is 32.6. The van der Waals surface area contributed by atoms with E-state index in [2.05, 4.69) is 38.2 Å². The van der Waals surface area contributed by atoms with Crippen molar-refractivity contribution < 1.29 is 19.1 Å². The fraction of sp³-hybridized carbons (Fsp3) is 0.860. The van der Waals surface area contributed by atoms with Crippen LogP contribution in [0.1, 0.15) is 200 Å². The van der Waals surface area contributed by atoms with Crippen LogP contribution in [0.15, 0.2) is 24.3 Å². The van der Waals surface area contributed by atoms with E-state index in [-0.39, 0.29) is 18.4 Å². The van der Waals surface area contributed by atoms with Gasteiger partial charge >= 0.3 is 11.9 Å². The molecule has 0 aromatic rings. The van der Waals surface area contributed by atoms with Crippen molar-refractivity contribution in [2.75, 3.05) is 33.9 Å². The molecule has 0 saturated heterocycles. The fourth-order valence-corrected chi connectivity index (χ4v) is 6.10. The maximum absolute atomic E-state index is 12.7. The molecule has 48 heavy (non-hydrogen) atoms. The number of nitrogens with zero attached hydrogens (tertiary/aromatic N) is 1. The Morgan fingerprint density at radius 3 is 1.19 bits per heavy atom. The molecule has 0 heterocycles. The van der Waals surface area contributed by atoms with Crippen LogP contribution in [0, 0.1) is 5.92 Å². The van der Waals surface area contributed by atoms with Crippen LogP contribution in [0.2, 0.25) is 0 Å². The molecule has 0 radical (unpaired) electrons. The summed E-state index contributed by atoms with van der Waals surface area (Å²) in [6.45, 7) is 5.92. The second-order valence-electron chi connectivity index (χ2n) is 14.4. The van der Waals surface area contributed by atoms with Crippen LogP contribution in [0.25, 0.3) is 0 Å². The monoisotopic (exact) mass is 676 g/mol. The van der Waals surface area contributed by atoms with Gasteiger partial charge in [-0.15, -0.1) is 0 Å². The Bertz CT molecular complexity index is 747. The quantitative estimate of drug-likeness (QED) is 0.0373. The summed E-state index contributed by atoms with van der Waals surface area (Å²) in [7, 11) is 3.84. The van der Waals surface area contributed by atoms with E-state index in [0.29, 0.717) is 19.8 Å². The maximum Gasteiger partial charge on any atom is 0.310 e. The average Bonchev–Trinajstić information content (AvgIpc) is 3.07. The molecule has 0 aromatic heterocycles. The van der Waals surface area contributed by atoms with E-state index in [0.717, 1.165) is 25.7 Å². The minimum atomic E-state index is -0.471. The molecule has 0 rings (SSSR count). The molecule has 282 valence electrons. The van der Waals surface area contributed by atoms with Gasteiger partial charge in [-0.05, 0) is 78.3 Å². The molecule has 0 spiro atoms. The Morgan fingerprint density at radius 2 is 0.812 bits per heavy atom. The van der Waals surface area contributed by atoms with Gasteiger partial charge in [-0.1, -0.05) is 154 Å². The van der Waals surface area contributed by atoms with Gasteiger partial charge in [0.1, 0.15) is 0 Å². The summed E-state index contributed by atoms with van der Waals surface area (Å²) in [6.07, 6.45) is 44.7. The molecular formula is C43H81NO4. The number of hydrogen-bond donors (Lipinski definition) is 0. The van der Waals surface area contributed by atoms with Gasteiger partial charge < -0.3 is 14.4 Å². The normalized spacial score (nSPS) is 12.4. The summed E-state index contributed by atoms with van der Waals surface area (Å²) in [5, 5.41) is 0. The summed E-state index contributed by atoms with van der Waals surface area (Å²) in [6, 6.07) is 0. The van der Waals surface area contributed by atoms with Gasteiger partial charge in [0.2, 0.25) is 0 Å². The van der Waals surface area contributed by atoms with Crippen LogP contribution < -0.4 is 0 Å². The van der Waals surface area contributed by atoms with E-state index in [4.69, 9.17) is 9.47 Å². The third-order valence-electron chi connectivity index (χ3n) is 9.15. The zero-order chi connectivity index (χ0) is 35.2. The standard InChI is InChI=1S/C43H81NO4/c1-5-7-9-11-13-15-17-19-21-23-25-27-29-31-33-35-37-47-42(45)39-41(40-44(3)4)43(46)48-38-36-34-32-30-28-26-24-22-20-18-16-14-12-10-8-6-2/h19-22,41H,5-18,23-40H2,1-4H3/b21-19-,22-20-. The molecule has 0 aliphatic rings. The molecule has 0 aliphatic carbocycles. The lowest BCUT2D eigenvalue weighted by atomic mass is 10.1. The van der Waals surface area contributed by atoms with Gasteiger partial charge in [-0.2, -0.15) is 0 Å². The highest BCUT2D eigenvalue weighted by Crippen LogP contribution is 2.14. The Hall–Kier alpha value is -1.62. The van der Waals surface area contributed by atoms with E-state index in [9.17, 15) is 9.59 Å². The average molecular weight is 676 g/mol. The lowest BCUT2D eigenvalue weighted by molar-refractivity contribution is -0.155. The predicted octanol–water partition coefficient (Wildman–Crippen LogP) is 12.7. The Labute approximate surface area is 299 Å². The van der Waals surface area contributed by atoms with E-state index < -0.39 is 5.92 Å². The minimum absolute atomic E-state index is 0.0940. The van der Waals surface area contributed by atoms with E-state index in [1.165, 1.54) is 154 Å². The van der Waals surface area contributed by atoms with Crippen molar-refractivity contribution in [1.82, 2.24) is 4.90 Å². The predicted molar refractivity (Wildman–Crippen MR) is 207 cm³/mol. The molecule has 0 fully saturated rings. The number of rotatable bonds is 37. The van der Waals surface area contributed by atoms with Crippen molar-refractivity contribution in [3.05, 3.63) is 24.3 Å². The number of carbonyl (C=O) groups excluding carboxylic acids is 2. The first-order valence-corrected chi connectivity index (χ1v) is 20.8. The van der Waals surface area contributed by atoms with E-state index in [1.807, 2.05) is 19.0 Å². The fourth-order valence-electron chi connectivity index (χ4n) is 6.10. The highest BCUT2D eigenvalue weighted by molar-refractivity contribution is 5.80. The Morgan fingerprint density at radius 1 is 0.479 bits per heavy atom. The molecule has 0 N–H and O–H groups in total. The minimum Gasteiger partial charge on any atom is -0.466 e. The summed E-state index contributed by atoms with van der Waals surface area (Å²) in [5.74, 6) is -1.03. The Balaban J connectivity index is 3.76. The number of allylic oxidation sites excluding steroid dienone is 4. The molecular weight excluding hydrogens is 594 g/mol. The van der Waals surface area contributed by atoms with Gasteiger partial charge in [0.05, 0.1) is 25.6 Å². The van der Waals surface area contributed by atoms with E-state index in [1.54, 1.807) is 0 Å². The van der Waals surface area contributed by atoms with Gasteiger partial charge in [0.15, 0.2) is 0 Å².